The number of hydrogen-bond donors (Lipinski definition) is 2. The fraction of sp³-hybridized carbons (Fsp3) is 0.533. The van der Waals surface area contributed by atoms with Gasteiger partial charge in [0.25, 0.3) is 0 Å². The molecule has 2 heterocycles. The van der Waals surface area contributed by atoms with Crippen LogP contribution in [0.25, 0.3) is 0 Å². The molecule has 1 aromatic carbocycles. The van der Waals surface area contributed by atoms with Crippen molar-refractivity contribution >= 4 is 11.6 Å². The Labute approximate surface area is 114 Å². The van der Waals surface area contributed by atoms with Gasteiger partial charge in [0.15, 0.2) is 0 Å². The molecule has 2 atom stereocenters. The second-order valence-electron chi connectivity index (χ2n) is 5.58. The topological polar surface area (TPSA) is 58.4 Å². The number of hydrogen-bond acceptors (Lipinski definition) is 3. The molecule has 3 rings (SSSR count). The predicted octanol–water partition coefficient (Wildman–Crippen LogP) is 1.17. The summed E-state index contributed by atoms with van der Waals surface area (Å²) in [6, 6.07) is 6.73. The van der Waals surface area contributed by atoms with Gasteiger partial charge in [-0.1, -0.05) is 12.1 Å². The standard InChI is InChI=1S/C15H21N3O/c1-10-7-11(8-16)4-5-13(10)18-6-2-3-12-14(18)9-17-15(12)19/h4-5,7,12,14H,2-3,6,8-9,16H2,1H3,(H,17,19). The number of carbonyl (C=O) groups is 1. The van der Waals surface area contributed by atoms with E-state index in [4.69, 9.17) is 5.73 Å². The normalized spacial score (nSPS) is 26.2. The first kappa shape index (κ1) is 12.5. The molecular formula is C15H21N3O. The van der Waals surface area contributed by atoms with Gasteiger partial charge < -0.3 is 16.0 Å². The number of nitrogens with two attached hydrogens (primary N) is 1. The zero-order chi connectivity index (χ0) is 13.4. The molecule has 3 N–H and O–H groups in total. The van der Waals surface area contributed by atoms with Crippen LogP contribution in [0.3, 0.4) is 0 Å². The SMILES string of the molecule is Cc1cc(CN)ccc1N1CCCC2C(=O)NCC21. The lowest BCUT2D eigenvalue weighted by atomic mass is 9.90. The van der Waals surface area contributed by atoms with Crippen LogP contribution in [0.4, 0.5) is 5.69 Å². The van der Waals surface area contributed by atoms with E-state index >= 15 is 0 Å². The number of piperidine rings is 1. The second-order valence-corrected chi connectivity index (χ2v) is 5.58. The van der Waals surface area contributed by atoms with E-state index in [2.05, 4.69) is 35.3 Å². The third kappa shape index (κ3) is 2.10. The third-order valence-corrected chi connectivity index (χ3v) is 4.41. The van der Waals surface area contributed by atoms with Crippen molar-refractivity contribution in [2.24, 2.45) is 11.7 Å². The number of carbonyl (C=O) groups excluding carboxylic acids is 1. The lowest BCUT2D eigenvalue weighted by Gasteiger charge is -2.38. The molecule has 4 nitrogen and oxygen atoms in total. The Morgan fingerprint density at radius 1 is 1.47 bits per heavy atom. The summed E-state index contributed by atoms with van der Waals surface area (Å²) >= 11 is 0. The number of rotatable bonds is 2. The Bertz CT molecular complexity index is 500. The molecule has 0 radical (unpaired) electrons. The van der Waals surface area contributed by atoms with Crippen molar-refractivity contribution in [2.75, 3.05) is 18.0 Å². The average Bonchev–Trinajstić information content (AvgIpc) is 2.81. The molecule has 2 unspecified atom stereocenters. The molecule has 4 heteroatoms. The maximum atomic E-state index is 11.8. The summed E-state index contributed by atoms with van der Waals surface area (Å²) in [5, 5.41) is 3.00. The molecule has 2 saturated heterocycles. The fourth-order valence-corrected chi connectivity index (χ4v) is 3.42. The second kappa shape index (κ2) is 4.85. The summed E-state index contributed by atoms with van der Waals surface area (Å²) < 4.78 is 0. The third-order valence-electron chi connectivity index (χ3n) is 4.41. The number of nitrogens with zero attached hydrogens (tertiary/aromatic N) is 1. The Balaban J connectivity index is 1.91. The Morgan fingerprint density at radius 3 is 3.05 bits per heavy atom. The molecule has 2 aliphatic rings. The highest BCUT2D eigenvalue weighted by Gasteiger charge is 2.41. The first-order valence-corrected chi connectivity index (χ1v) is 7.04. The first-order valence-electron chi connectivity index (χ1n) is 7.04. The number of benzene rings is 1. The van der Waals surface area contributed by atoms with Crippen molar-refractivity contribution in [2.45, 2.75) is 32.4 Å². The predicted molar refractivity (Wildman–Crippen MR) is 75.9 cm³/mol. The van der Waals surface area contributed by atoms with Gasteiger partial charge in [-0.15, -0.1) is 0 Å². The highest BCUT2D eigenvalue weighted by atomic mass is 16.2. The lowest BCUT2D eigenvalue weighted by Crippen LogP contribution is -2.46. The van der Waals surface area contributed by atoms with Crippen molar-refractivity contribution in [3.8, 4) is 0 Å². The van der Waals surface area contributed by atoms with E-state index < -0.39 is 0 Å². The number of fused-ring (bicyclic) bond motifs is 1. The van der Waals surface area contributed by atoms with Gasteiger partial charge in [0, 0.05) is 25.3 Å². The summed E-state index contributed by atoms with van der Waals surface area (Å²) in [5.74, 6) is 0.397. The summed E-state index contributed by atoms with van der Waals surface area (Å²) in [5.41, 5.74) is 9.35. The smallest absolute Gasteiger partial charge is 0.225 e. The van der Waals surface area contributed by atoms with Crippen molar-refractivity contribution < 1.29 is 4.79 Å². The minimum absolute atomic E-state index is 0.169. The summed E-state index contributed by atoms with van der Waals surface area (Å²) in [7, 11) is 0. The summed E-state index contributed by atoms with van der Waals surface area (Å²) in [6.07, 6.45) is 2.11. The van der Waals surface area contributed by atoms with Crippen LogP contribution in [0.15, 0.2) is 18.2 Å². The monoisotopic (exact) mass is 259 g/mol. The average molecular weight is 259 g/mol. The van der Waals surface area contributed by atoms with Gasteiger partial charge in [-0.3, -0.25) is 4.79 Å². The summed E-state index contributed by atoms with van der Waals surface area (Å²) in [4.78, 5) is 14.2. The largest absolute Gasteiger partial charge is 0.366 e. The van der Waals surface area contributed by atoms with Gasteiger partial charge in [0.2, 0.25) is 5.91 Å². The molecule has 2 fully saturated rings. The van der Waals surface area contributed by atoms with Crippen LogP contribution in [0.5, 0.6) is 0 Å². The van der Waals surface area contributed by atoms with Crippen molar-refractivity contribution in [1.82, 2.24) is 5.32 Å². The minimum Gasteiger partial charge on any atom is -0.366 e. The van der Waals surface area contributed by atoms with Crippen molar-refractivity contribution in [3.63, 3.8) is 0 Å². The van der Waals surface area contributed by atoms with Crippen LogP contribution in [0, 0.1) is 12.8 Å². The van der Waals surface area contributed by atoms with Crippen LogP contribution in [-0.2, 0) is 11.3 Å². The van der Waals surface area contributed by atoms with E-state index in [9.17, 15) is 4.79 Å². The Kier molecular flexibility index (Phi) is 3.19. The van der Waals surface area contributed by atoms with E-state index in [1.807, 2.05) is 0 Å². The zero-order valence-electron chi connectivity index (χ0n) is 11.4. The molecule has 0 spiro atoms. The van der Waals surface area contributed by atoms with Crippen LogP contribution in [0.2, 0.25) is 0 Å². The van der Waals surface area contributed by atoms with Gasteiger partial charge in [0.1, 0.15) is 0 Å². The highest BCUT2D eigenvalue weighted by molar-refractivity contribution is 5.83. The van der Waals surface area contributed by atoms with Gasteiger partial charge in [-0.2, -0.15) is 0 Å². The Hall–Kier alpha value is -1.55. The molecule has 1 amide bonds. The van der Waals surface area contributed by atoms with Gasteiger partial charge in [0.05, 0.1) is 12.0 Å². The van der Waals surface area contributed by atoms with Gasteiger partial charge >= 0.3 is 0 Å². The van der Waals surface area contributed by atoms with Crippen molar-refractivity contribution in [1.29, 1.82) is 0 Å². The van der Waals surface area contributed by atoms with Crippen LogP contribution >= 0.6 is 0 Å². The van der Waals surface area contributed by atoms with Crippen LogP contribution < -0.4 is 16.0 Å². The molecule has 0 saturated carbocycles. The first-order chi connectivity index (χ1) is 9.20. The molecule has 1 aromatic rings. The highest BCUT2D eigenvalue weighted by Crippen LogP contribution is 2.33. The zero-order valence-corrected chi connectivity index (χ0v) is 11.4. The minimum atomic E-state index is 0.169. The molecule has 0 bridgehead atoms. The molecule has 2 aliphatic heterocycles. The van der Waals surface area contributed by atoms with E-state index in [1.54, 1.807) is 0 Å². The molecule has 102 valence electrons. The fourth-order valence-electron chi connectivity index (χ4n) is 3.42. The van der Waals surface area contributed by atoms with E-state index in [0.29, 0.717) is 12.6 Å². The molecule has 19 heavy (non-hydrogen) atoms. The van der Waals surface area contributed by atoms with Gasteiger partial charge in [-0.05, 0) is 37.0 Å². The quantitative estimate of drug-likeness (QED) is 0.838. The number of nitrogens with one attached hydrogen (secondary N) is 1. The maximum Gasteiger partial charge on any atom is 0.225 e. The number of anilines is 1. The number of amides is 1. The molecule has 0 aliphatic carbocycles. The lowest BCUT2D eigenvalue weighted by molar-refractivity contribution is -0.122. The van der Waals surface area contributed by atoms with E-state index in [-0.39, 0.29) is 11.8 Å². The van der Waals surface area contributed by atoms with Crippen LogP contribution in [-0.4, -0.2) is 25.0 Å². The summed E-state index contributed by atoms with van der Waals surface area (Å²) in [6.45, 7) is 4.52. The van der Waals surface area contributed by atoms with E-state index in [1.165, 1.54) is 11.3 Å². The van der Waals surface area contributed by atoms with E-state index in [0.717, 1.165) is 31.5 Å². The molecule has 0 aromatic heterocycles. The van der Waals surface area contributed by atoms with Crippen LogP contribution in [0.1, 0.15) is 24.0 Å². The van der Waals surface area contributed by atoms with Crippen molar-refractivity contribution in [3.05, 3.63) is 29.3 Å². The number of aryl methyl sites for hydroxylation is 1. The van der Waals surface area contributed by atoms with Gasteiger partial charge in [-0.25, -0.2) is 0 Å². The maximum absolute atomic E-state index is 11.8. The Morgan fingerprint density at radius 2 is 2.32 bits per heavy atom. The molecular weight excluding hydrogens is 238 g/mol.